The first kappa shape index (κ1) is 14.8. The molecular weight excluding hydrogens is 270 g/mol. The van der Waals surface area contributed by atoms with E-state index in [2.05, 4.69) is 17.4 Å². The molecule has 22 heavy (non-hydrogen) atoms. The fraction of sp³-hybridized carbons (Fsp3) is 0.350. The smallest absolute Gasteiger partial charge is 0.235 e. The molecule has 2 aromatic carbocycles. The highest BCUT2D eigenvalue weighted by molar-refractivity contribution is 6.00. The number of anilines is 1. The van der Waals surface area contributed by atoms with Gasteiger partial charge in [-0.25, -0.2) is 0 Å². The zero-order valence-corrected chi connectivity index (χ0v) is 13.4. The highest BCUT2D eigenvalue weighted by Crippen LogP contribution is 2.42. The van der Waals surface area contributed by atoms with E-state index in [0.29, 0.717) is 0 Å². The maximum absolute atomic E-state index is 13.1. The number of rotatable bonds is 3. The third-order valence-electron chi connectivity index (χ3n) is 4.94. The number of hydrogen-bond donors (Lipinski definition) is 1. The summed E-state index contributed by atoms with van der Waals surface area (Å²) in [6.45, 7) is 4.10. The SMILES string of the molecule is Cc1cccc(C)c1NC(=O)C1(c2ccccc2)CCCC1. The van der Waals surface area contributed by atoms with Gasteiger partial charge in [-0.2, -0.15) is 0 Å². The van der Waals surface area contributed by atoms with Gasteiger partial charge in [0.15, 0.2) is 0 Å². The molecule has 1 N–H and O–H groups in total. The summed E-state index contributed by atoms with van der Waals surface area (Å²) in [5.41, 5.74) is 3.99. The Balaban J connectivity index is 1.95. The number of aryl methyl sites for hydroxylation is 2. The van der Waals surface area contributed by atoms with Crippen molar-refractivity contribution in [2.75, 3.05) is 5.32 Å². The standard InChI is InChI=1S/C20H23NO/c1-15-9-8-10-16(2)18(15)21-19(22)20(13-6-7-14-20)17-11-4-3-5-12-17/h3-5,8-12H,6-7,13-14H2,1-2H3,(H,21,22). The fourth-order valence-electron chi connectivity index (χ4n) is 3.63. The predicted octanol–water partition coefficient (Wildman–Crippen LogP) is 4.75. The molecule has 0 saturated heterocycles. The molecule has 0 aliphatic heterocycles. The van der Waals surface area contributed by atoms with Crippen molar-refractivity contribution in [1.29, 1.82) is 0 Å². The van der Waals surface area contributed by atoms with Crippen molar-refractivity contribution >= 4 is 11.6 Å². The van der Waals surface area contributed by atoms with E-state index in [1.165, 1.54) is 0 Å². The maximum Gasteiger partial charge on any atom is 0.235 e. The largest absolute Gasteiger partial charge is 0.325 e. The van der Waals surface area contributed by atoms with Gasteiger partial charge in [0.2, 0.25) is 5.91 Å². The summed E-state index contributed by atoms with van der Waals surface area (Å²) in [5, 5.41) is 3.22. The quantitative estimate of drug-likeness (QED) is 0.869. The van der Waals surface area contributed by atoms with Gasteiger partial charge in [-0.3, -0.25) is 4.79 Å². The Morgan fingerprint density at radius 2 is 1.50 bits per heavy atom. The number of hydrogen-bond acceptors (Lipinski definition) is 1. The molecule has 0 unspecified atom stereocenters. The lowest BCUT2D eigenvalue weighted by Crippen LogP contribution is -2.38. The average Bonchev–Trinajstić information content (AvgIpc) is 3.03. The van der Waals surface area contributed by atoms with Gasteiger partial charge < -0.3 is 5.32 Å². The minimum atomic E-state index is -0.365. The Bertz CT molecular complexity index is 649. The van der Waals surface area contributed by atoms with Gasteiger partial charge in [-0.05, 0) is 43.4 Å². The summed E-state index contributed by atoms with van der Waals surface area (Å²) in [5.74, 6) is 0.147. The third-order valence-corrected chi connectivity index (χ3v) is 4.94. The summed E-state index contributed by atoms with van der Waals surface area (Å²) >= 11 is 0. The van der Waals surface area contributed by atoms with Gasteiger partial charge in [0, 0.05) is 5.69 Å². The van der Waals surface area contributed by atoms with Crippen molar-refractivity contribution in [3.05, 3.63) is 65.2 Å². The van der Waals surface area contributed by atoms with Crippen LogP contribution in [0, 0.1) is 13.8 Å². The van der Waals surface area contributed by atoms with Crippen molar-refractivity contribution in [1.82, 2.24) is 0 Å². The lowest BCUT2D eigenvalue weighted by molar-refractivity contribution is -0.121. The lowest BCUT2D eigenvalue weighted by atomic mass is 9.78. The van der Waals surface area contributed by atoms with Gasteiger partial charge in [0.25, 0.3) is 0 Å². The lowest BCUT2D eigenvalue weighted by Gasteiger charge is -2.29. The molecular formula is C20H23NO. The van der Waals surface area contributed by atoms with Crippen LogP contribution < -0.4 is 5.32 Å². The highest BCUT2D eigenvalue weighted by Gasteiger charge is 2.42. The Morgan fingerprint density at radius 3 is 2.09 bits per heavy atom. The molecule has 1 saturated carbocycles. The zero-order chi connectivity index (χ0) is 15.6. The molecule has 0 heterocycles. The van der Waals surface area contributed by atoms with Crippen LogP contribution in [0.5, 0.6) is 0 Å². The highest BCUT2D eigenvalue weighted by atomic mass is 16.2. The van der Waals surface area contributed by atoms with Gasteiger partial charge >= 0.3 is 0 Å². The Hall–Kier alpha value is -2.09. The van der Waals surface area contributed by atoms with Crippen molar-refractivity contribution in [3.63, 3.8) is 0 Å². The van der Waals surface area contributed by atoms with Crippen molar-refractivity contribution < 1.29 is 4.79 Å². The molecule has 0 aromatic heterocycles. The second-order valence-corrected chi connectivity index (χ2v) is 6.38. The number of carbonyl (C=O) groups is 1. The van der Waals surface area contributed by atoms with Crippen LogP contribution in [-0.4, -0.2) is 5.91 Å². The summed E-state index contributed by atoms with van der Waals surface area (Å²) in [4.78, 5) is 13.1. The van der Waals surface area contributed by atoms with E-state index < -0.39 is 0 Å². The summed E-state index contributed by atoms with van der Waals surface area (Å²) < 4.78 is 0. The molecule has 1 fully saturated rings. The first-order valence-corrected chi connectivity index (χ1v) is 8.07. The van der Waals surface area contributed by atoms with Crippen LogP contribution in [0.15, 0.2) is 48.5 Å². The monoisotopic (exact) mass is 293 g/mol. The Labute approximate surface area is 132 Å². The van der Waals surface area contributed by atoms with Crippen LogP contribution in [0.1, 0.15) is 42.4 Å². The second-order valence-electron chi connectivity index (χ2n) is 6.38. The predicted molar refractivity (Wildman–Crippen MR) is 91.1 cm³/mol. The molecule has 1 aliphatic rings. The molecule has 0 radical (unpaired) electrons. The molecule has 3 rings (SSSR count). The number of benzene rings is 2. The van der Waals surface area contributed by atoms with Crippen LogP contribution in [-0.2, 0) is 10.2 Å². The molecule has 0 bridgehead atoms. The fourth-order valence-corrected chi connectivity index (χ4v) is 3.63. The molecule has 0 spiro atoms. The first-order valence-electron chi connectivity index (χ1n) is 8.07. The molecule has 0 atom stereocenters. The summed E-state index contributed by atoms with van der Waals surface area (Å²) in [6.07, 6.45) is 4.12. The van der Waals surface area contributed by atoms with E-state index in [9.17, 15) is 4.79 Å². The van der Waals surface area contributed by atoms with E-state index in [0.717, 1.165) is 48.1 Å². The van der Waals surface area contributed by atoms with Crippen LogP contribution >= 0.6 is 0 Å². The van der Waals surface area contributed by atoms with E-state index in [1.54, 1.807) is 0 Å². The van der Waals surface area contributed by atoms with Gasteiger partial charge in [-0.15, -0.1) is 0 Å². The number of carbonyl (C=O) groups excluding carboxylic acids is 1. The summed E-state index contributed by atoms with van der Waals surface area (Å²) in [7, 11) is 0. The minimum absolute atomic E-state index is 0.147. The second kappa shape index (κ2) is 5.96. The Kier molecular flexibility index (Phi) is 4.02. The number of nitrogens with one attached hydrogen (secondary N) is 1. The van der Waals surface area contributed by atoms with Crippen molar-refractivity contribution in [2.24, 2.45) is 0 Å². The van der Waals surface area contributed by atoms with Crippen molar-refractivity contribution in [3.8, 4) is 0 Å². The van der Waals surface area contributed by atoms with E-state index >= 15 is 0 Å². The van der Waals surface area contributed by atoms with Gasteiger partial charge in [-0.1, -0.05) is 61.4 Å². The molecule has 2 heteroatoms. The van der Waals surface area contributed by atoms with Crippen LogP contribution in [0.25, 0.3) is 0 Å². The van der Waals surface area contributed by atoms with Crippen LogP contribution in [0.4, 0.5) is 5.69 Å². The number of para-hydroxylation sites is 1. The Morgan fingerprint density at radius 1 is 0.909 bits per heavy atom. The third kappa shape index (κ3) is 2.54. The van der Waals surface area contributed by atoms with Gasteiger partial charge in [0.05, 0.1) is 5.41 Å². The maximum atomic E-state index is 13.1. The van der Waals surface area contributed by atoms with Crippen LogP contribution in [0.3, 0.4) is 0 Å². The van der Waals surface area contributed by atoms with E-state index in [4.69, 9.17) is 0 Å². The minimum Gasteiger partial charge on any atom is -0.325 e. The molecule has 1 amide bonds. The topological polar surface area (TPSA) is 29.1 Å². The normalized spacial score (nSPS) is 16.5. The molecule has 2 aromatic rings. The van der Waals surface area contributed by atoms with Gasteiger partial charge in [0.1, 0.15) is 0 Å². The number of amides is 1. The molecule has 2 nitrogen and oxygen atoms in total. The first-order chi connectivity index (χ1) is 10.6. The van der Waals surface area contributed by atoms with Crippen LogP contribution in [0.2, 0.25) is 0 Å². The van der Waals surface area contributed by atoms with E-state index in [1.807, 2.05) is 50.2 Å². The van der Waals surface area contributed by atoms with E-state index in [-0.39, 0.29) is 11.3 Å². The average molecular weight is 293 g/mol. The summed E-state index contributed by atoms with van der Waals surface area (Å²) in [6, 6.07) is 16.4. The zero-order valence-electron chi connectivity index (χ0n) is 13.4. The van der Waals surface area contributed by atoms with Crippen molar-refractivity contribution in [2.45, 2.75) is 44.9 Å². The molecule has 114 valence electrons. The molecule has 1 aliphatic carbocycles.